The molecule has 7 nitrogen and oxygen atoms in total. The summed E-state index contributed by atoms with van der Waals surface area (Å²) < 4.78 is 40.7. The van der Waals surface area contributed by atoms with Gasteiger partial charge in [-0.25, -0.2) is 4.98 Å². The Hall–Kier alpha value is -2.79. The standard InChI is InChI=1S/C22H24ClF3N4O3S/c1-5-17(32)30-9-11(10-30)28-20(33)18-19(22(24,25)26)29-16(34-18)8-27-14-6-12(21(2,3)4)13(23)7-15(14)31/h5-7,11,27,31H,1,8-10H2,2-4H3,(H,28,33). The summed E-state index contributed by atoms with van der Waals surface area (Å²) in [6, 6.07) is 2.55. The molecule has 0 atom stereocenters. The summed E-state index contributed by atoms with van der Waals surface area (Å²) in [5, 5.41) is 16.0. The number of benzene rings is 1. The van der Waals surface area contributed by atoms with Crippen LogP contribution in [0.15, 0.2) is 24.8 Å². The first-order valence-corrected chi connectivity index (χ1v) is 11.5. The van der Waals surface area contributed by atoms with E-state index in [2.05, 4.69) is 22.2 Å². The van der Waals surface area contributed by atoms with Gasteiger partial charge in [0.2, 0.25) is 5.91 Å². The van der Waals surface area contributed by atoms with Crippen LogP contribution in [0.5, 0.6) is 5.75 Å². The number of phenols is 1. The van der Waals surface area contributed by atoms with Crippen molar-refractivity contribution in [2.75, 3.05) is 18.4 Å². The third-order valence-corrected chi connectivity index (χ3v) is 6.54. The molecule has 1 aliphatic heterocycles. The van der Waals surface area contributed by atoms with Crippen molar-refractivity contribution in [2.24, 2.45) is 0 Å². The third kappa shape index (κ3) is 5.64. The minimum Gasteiger partial charge on any atom is -0.506 e. The molecule has 0 unspecified atom stereocenters. The predicted octanol–water partition coefficient (Wildman–Crippen LogP) is 4.56. The lowest BCUT2D eigenvalue weighted by atomic mass is 9.86. The normalized spacial score (nSPS) is 14.5. The number of amides is 2. The molecule has 1 aliphatic rings. The number of thiazole rings is 1. The Bertz CT molecular complexity index is 1120. The molecule has 34 heavy (non-hydrogen) atoms. The average Bonchev–Trinajstić information content (AvgIpc) is 3.13. The van der Waals surface area contributed by atoms with Gasteiger partial charge in [-0.1, -0.05) is 39.0 Å². The summed E-state index contributed by atoms with van der Waals surface area (Å²) in [5.41, 5.74) is -0.578. The molecule has 1 saturated heterocycles. The summed E-state index contributed by atoms with van der Waals surface area (Å²) in [6.45, 7) is 9.41. The molecule has 3 N–H and O–H groups in total. The zero-order valence-electron chi connectivity index (χ0n) is 18.7. The summed E-state index contributed by atoms with van der Waals surface area (Å²) in [7, 11) is 0. The molecule has 0 spiro atoms. The Morgan fingerprint density at radius 2 is 1.97 bits per heavy atom. The number of rotatable bonds is 6. The second kappa shape index (κ2) is 9.46. The van der Waals surface area contributed by atoms with Crippen LogP contribution in [-0.4, -0.2) is 45.9 Å². The Kier molecular flexibility index (Phi) is 7.18. The fraction of sp³-hybridized carbons (Fsp3) is 0.409. The third-order valence-electron chi connectivity index (χ3n) is 5.17. The minimum atomic E-state index is -4.83. The highest BCUT2D eigenvalue weighted by Gasteiger charge is 2.40. The Labute approximate surface area is 203 Å². The maximum atomic E-state index is 13.6. The van der Waals surface area contributed by atoms with Crippen LogP contribution in [0.4, 0.5) is 18.9 Å². The maximum absolute atomic E-state index is 13.6. The van der Waals surface area contributed by atoms with Crippen LogP contribution >= 0.6 is 22.9 Å². The van der Waals surface area contributed by atoms with Gasteiger partial charge in [-0.2, -0.15) is 13.2 Å². The van der Waals surface area contributed by atoms with Gasteiger partial charge in [0.1, 0.15) is 15.6 Å². The first-order valence-electron chi connectivity index (χ1n) is 10.3. The monoisotopic (exact) mass is 516 g/mol. The summed E-state index contributed by atoms with van der Waals surface area (Å²) in [5.74, 6) is -1.38. The molecule has 0 bridgehead atoms. The van der Waals surface area contributed by atoms with E-state index in [9.17, 15) is 27.9 Å². The smallest absolute Gasteiger partial charge is 0.435 e. The first kappa shape index (κ1) is 25.8. The van der Waals surface area contributed by atoms with Crippen LogP contribution in [-0.2, 0) is 22.9 Å². The van der Waals surface area contributed by atoms with Gasteiger partial charge in [0, 0.05) is 24.2 Å². The summed E-state index contributed by atoms with van der Waals surface area (Å²) in [4.78, 5) is 28.5. The number of anilines is 1. The van der Waals surface area contributed by atoms with Gasteiger partial charge in [0.25, 0.3) is 5.91 Å². The zero-order valence-corrected chi connectivity index (χ0v) is 20.3. The zero-order chi connectivity index (χ0) is 25.4. The van der Waals surface area contributed by atoms with Gasteiger partial charge in [-0.15, -0.1) is 11.3 Å². The first-order chi connectivity index (χ1) is 15.7. The van der Waals surface area contributed by atoms with E-state index in [1.165, 1.54) is 11.0 Å². The van der Waals surface area contributed by atoms with E-state index in [1.807, 2.05) is 20.8 Å². The molecule has 0 aliphatic carbocycles. The number of carbonyl (C=O) groups is 2. The number of aromatic nitrogens is 1. The van der Waals surface area contributed by atoms with E-state index in [1.54, 1.807) is 6.07 Å². The highest BCUT2D eigenvalue weighted by Crippen LogP contribution is 2.38. The van der Waals surface area contributed by atoms with Gasteiger partial charge in [-0.05, 0) is 23.1 Å². The van der Waals surface area contributed by atoms with Crippen molar-refractivity contribution in [3.8, 4) is 5.75 Å². The number of phenolic OH excluding ortho intramolecular Hbond substituents is 1. The average molecular weight is 517 g/mol. The number of aromatic hydroxyl groups is 1. The Morgan fingerprint density at radius 1 is 1.32 bits per heavy atom. The number of nitrogens with one attached hydrogen (secondary N) is 2. The van der Waals surface area contributed by atoms with Crippen molar-refractivity contribution in [3.63, 3.8) is 0 Å². The lowest BCUT2D eigenvalue weighted by Gasteiger charge is -2.38. The van der Waals surface area contributed by atoms with E-state index in [-0.39, 0.29) is 47.4 Å². The summed E-state index contributed by atoms with van der Waals surface area (Å²) >= 11 is 6.82. The molecule has 184 valence electrons. The fourth-order valence-electron chi connectivity index (χ4n) is 3.37. The van der Waals surface area contributed by atoms with E-state index >= 15 is 0 Å². The van der Waals surface area contributed by atoms with Crippen molar-refractivity contribution >= 4 is 40.4 Å². The number of alkyl halides is 3. The van der Waals surface area contributed by atoms with E-state index in [0.717, 1.165) is 11.6 Å². The number of hydrogen-bond donors (Lipinski definition) is 3. The Morgan fingerprint density at radius 3 is 2.53 bits per heavy atom. The molecule has 2 heterocycles. The van der Waals surface area contributed by atoms with Crippen molar-refractivity contribution in [3.05, 3.63) is 51.0 Å². The number of carbonyl (C=O) groups excluding carboxylic acids is 2. The Balaban J connectivity index is 1.76. The maximum Gasteiger partial charge on any atom is 0.435 e. The topological polar surface area (TPSA) is 94.6 Å². The van der Waals surface area contributed by atoms with E-state index in [0.29, 0.717) is 16.4 Å². The van der Waals surface area contributed by atoms with Gasteiger partial charge in [-0.3, -0.25) is 9.59 Å². The van der Waals surface area contributed by atoms with Crippen molar-refractivity contribution < 1.29 is 27.9 Å². The SMILES string of the molecule is C=CC(=O)N1CC(NC(=O)c2sc(CNc3cc(C(C)(C)C)c(Cl)cc3O)nc2C(F)(F)F)C1. The molecule has 1 fully saturated rings. The molecule has 0 saturated carbocycles. The molecule has 1 aromatic carbocycles. The second-order valence-corrected chi connectivity index (χ2v) is 10.3. The second-order valence-electron chi connectivity index (χ2n) is 8.85. The molecule has 2 aromatic rings. The van der Waals surface area contributed by atoms with Crippen molar-refractivity contribution in [1.82, 2.24) is 15.2 Å². The van der Waals surface area contributed by atoms with Crippen LogP contribution in [0.25, 0.3) is 0 Å². The van der Waals surface area contributed by atoms with E-state index in [4.69, 9.17) is 11.6 Å². The minimum absolute atomic E-state index is 0.0150. The van der Waals surface area contributed by atoms with Crippen molar-refractivity contribution in [2.45, 2.75) is 44.9 Å². The van der Waals surface area contributed by atoms with Crippen LogP contribution in [0.1, 0.15) is 46.7 Å². The fourth-order valence-corrected chi connectivity index (χ4v) is 4.73. The highest BCUT2D eigenvalue weighted by atomic mass is 35.5. The van der Waals surface area contributed by atoms with Gasteiger partial charge in [0.05, 0.1) is 18.3 Å². The van der Waals surface area contributed by atoms with Crippen LogP contribution in [0, 0.1) is 0 Å². The number of likely N-dealkylation sites (tertiary alicyclic amines) is 1. The molecule has 1 aromatic heterocycles. The van der Waals surface area contributed by atoms with Gasteiger partial charge >= 0.3 is 6.18 Å². The largest absolute Gasteiger partial charge is 0.506 e. The number of nitrogens with zero attached hydrogens (tertiary/aromatic N) is 2. The molecule has 3 rings (SSSR count). The lowest BCUT2D eigenvalue weighted by Crippen LogP contribution is -2.60. The molecule has 0 radical (unpaired) electrons. The van der Waals surface area contributed by atoms with E-state index < -0.39 is 28.7 Å². The summed E-state index contributed by atoms with van der Waals surface area (Å²) in [6.07, 6.45) is -3.70. The number of hydrogen-bond acceptors (Lipinski definition) is 6. The quantitative estimate of drug-likeness (QED) is 0.386. The van der Waals surface area contributed by atoms with Crippen molar-refractivity contribution in [1.29, 1.82) is 0 Å². The molecular weight excluding hydrogens is 493 g/mol. The molecular formula is C22H24ClF3N4O3S. The predicted molar refractivity (Wildman–Crippen MR) is 124 cm³/mol. The van der Waals surface area contributed by atoms with Crippen LogP contribution < -0.4 is 10.6 Å². The van der Waals surface area contributed by atoms with Crippen LogP contribution in [0.3, 0.4) is 0 Å². The number of halogens is 4. The molecule has 12 heteroatoms. The van der Waals surface area contributed by atoms with Gasteiger partial charge in [0.15, 0.2) is 5.69 Å². The molecule has 2 amide bonds. The highest BCUT2D eigenvalue weighted by molar-refractivity contribution is 7.13. The van der Waals surface area contributed by atoms with Crippen LogP contribution in [0.2, 0.25) is 5.02 Å². The lowest BCUT2D eigenvalue weighted by molar-refractivity contribution is -0.141. The van der Waals surface area contributed by atoms with Gasteiger partial charge < -0.3 is 20.6 Å².